The topological polar surface area (TPSA) is 74.6 Å². The summed E-state index contributed by atoms with van der Waals surface area (Å²) in [6.07, 6.45) is 5.45. The van der Waals surface area contributed by atoms with Crippen LogP contribution in [0.25, 0.3) is 0 Å². The van der Waals surface area contributed by atoms with E-state index in [4.69, 9.17) is 4.74 Å². The van der Waals surface area contributed by atoms with E-state index in [0.29, 0.717) is 11.5 Å². The van der Waals surface area contributed by atoms with Gasteiger partial charge in [-0.3, -0.25) is 4.98 Å². The van der Waals surface area contributed by atoms with Crippen LogP contribution in [0.2, 0.25) is 0 Å². The van der Waals surface area contributed by atoms with Crippen molar-refractivity contribution in [1.82, 2.24) is 10.3 Å². The van der Waals surface area contributed by atoms with Crippen molar-refractivity contribution in [2.24, 2.45) is 0 Å². The smallest absolute Gasteiger partial charge is 0.146 e. The highest BCUT2D eigenvalue weighted by molar-refractivity contribution is 5.44. The summed E-state index contributed by atoms with van der Waals surface area (Å²) in [5.74, 6) is 6.96. The van der Waals surface area contributed by atoms with Crippen LogP contribution in [0.1, 0.15) is 18.4 Å². The molecule has 0 radical (unpaired) electrons. The molecule has 3 rings (SSSR count). The molecule has 1 saturated heterocycles. The number of hydrogen-bond acceptors (Lipinski definition) is 5. The fraction of sp³-hybridized carbons (Fsp3) is 0.235. The van der Waals surface area contributed by atoms with E-state index in [1.165, 1.54) is 18.2 Å². The SMILES string of the molecule is Oc1cc(O)cc(Oc2cncc(C#C[C@@H]3CCCN3)c2)c1. The van der Waals surface area contributed by atoms with Crippen LogP contribution in [0.3, 0.4) is 0 Å². The van der Waals surface area contributed by atoms with Crippen LogP contribution in [0, 0.1) is 11.8 Å². The molecule has 1 fully saturated rings. The summed E-state index contributed by atoms with van der Waals surface area (Å²) in [5, 5.41) is 22.2. The Bertz CT molecular complexity index is 708. The van der Waals surface area contributed by atoms with E-state index < -0.39 is 0 Å². The third kappa shape index (κ3) is 3.68. The average Bonchev–Trinajstić information content (AvgIpc) is 2.98. The molecule has 2 aromatic rings. The van der Waals surface area contributed by atoms with E-state index in [-0.39, 0.29) is 17.5 Å². The summed E-state index contributed by atoms with van der Waals surface area (Å²) in [6, 6.07) is 6.09. The molecule has 0 saturated carbocycles. The second-order valence-electron chi connectivity index (χ2n) is 5.11. The number of phenolic OH excluding ortho intramolecular Hbond substituents is 2. The van der Waals surface area contributed by atoms with Crippen LogP contribution < -0.4 is 10.1 Å². The quantitative estimate of drug-likeness (QED) is 0.742. The van der Waals surface area contributed by atoms with Gasteiger partial charge in [-0.1, -0.05) is 11.8 Å². The molecule has 1 atom stereocenters. The van der Waals surface area contributed by atoms with Gasteiger partial charge in [0.15, 0.2) is 0 Å². The summed E-state index contributed by atoms with van der Waals surface area (Å²) in [6.45, 7) is 1.02. The lowest BCUT2D eigenvalue weighted by Crippen LogP contribution is -2.18. The molecule has 1 aromatic carbocycles. The fourth-order valence-corrected chi connectivity index (χ4v) is 2.28. The zero-order valence-electron chi connectivity index (χ0n) is 11.9. The highest BCUT2D eigenvalue weighted by Gasteiger charge is 2.10. The molecule has 0 amide bonds. The van der Waals surface area contributed by atoms with Crippen LogP contribution in [0.4, 0.5) is 0 Å². The molecule has 0 bridgehead atoms. The van der Waals surface area contributed by atoms with Gasteiger partial charge in [0.05, 0.1) is 12.2 Å². The number of aromatic hydroxyl groups is 2. The first-order valence-electron chi connectivity index (χ1n) is 7.10. The molecule has 1 aliphatic heterocycles. The first kappa shape index (κ1) is 14.2. The van der Waals surface area contributed by atoms with Gasteiger partial charge in [-0.05, 0) is 25.5 Å². The Balaban J connectivity index is 1.75. The van der Waals surface area contributed by atoms with Gasteiger partial charge < -0.3 is 20.3 Å². The van der Waals surface area contributed by atoms with Gasteiger partial charge in [0, 0.05) is 30.0 Å². The van der Waals surface area contributed by atoms with Crippen molar-refractivity contribution >= 4 is 0 Å². The molecule has 0 spiro atoms. The lowest BCUT2D eigenvalue weighted by molar-refractivity contribution is 0.431. The monoisotopic (exact) mass is 296 g/mol. The molecule has 1 aromatic heterocycles. The summed E-state index contributed by atoms with van der Waals surface area (Å²) >= 11 is 0. The molecule has 112 valence electrons. The van der Waals surface area contributed by atoms with Gasteiger partial charge in [-0.2, -0.15) is 0 Å². The predicted octanol–water partition coefficient (Wildman–Crippen LogP) is 2.39. The molecule has 2 heterocycles. The van der Waals surface area contributed by atoms with Gasteiger partial charge in [-0.25, -0.2) is 0 Å². The van der Waals surface area contributed by atoms with Crippen molar-refractivity contribution < 1.29 is 14.9 Å². The standard InChI is InChI=1S/C17H16N2O3/c20-14-7-15(21)9-16(8-14)22-17-6-12(10-18-11-17)3-4-13-2-1-5-19-13/h6-11,13,19-21H,1-2,5H2/t13-/m0/s1. The van der Waals surface area contributed by atoms with E-state index in [2.05, 4.69) is 22.1 Å². The number of ether oxygens (including phenoxy) is 1. The number of pyridine rings is 1. The van der Waals surface area contributed by atoms with Gasteiger partial charge in [0.2, 0.25) is 0 Å². The van der Waals surface area contributed by atoms with Crippen molar-refractivity contribution in [3.05, 3.63) is 42.2 Å². The predicted molar refractivity (Wildman–Crippen MR) is 82.0 cm³/mol. The lowest BCUT2D eigenvalue weighted by atomic mass is 10.2. The van der Waals surface area contributed by atoms with Gasteiger partial charge in [0.25, 0.3) is 0 Å². The molecular formula is C17H16N2O3. The minimum Gasteiger partial charge on any atom is -0.508 e. The van der Waals surface area contributed by atoms with Crippen molar-refractivity contribution in [2.75, 3.05) is 6.54 Å². The van der Waals surface area contributed by atoms with Crippen molar-refractivity contribution in [3.8, 4) is 34.8 Å². The van der Waals surface area contributed by atoms with E-state index in [1.807, 2.05) is 0 Å². The first-order chi connectivity index (χ1) is 10.7. The van der Waals surface area contributed by atoms with E-state index >= 15 is 0 Å². The molecule has 5 nitrogen and oxygen atoms in total. The maximum absolute atomic E-state index is 9.45. The molecule has 0 aliphatic carbocycles. The number of rotatable bonds is 2. The second-order valence-corrected chi connectivity index (χ2v) is 5.11. The third-order valence-electron chi connectivity index (χ3n) is 3.28. The Morgan fingerprint density at radius 1 is 1.09 bits per heavy atom. The minimum atomic E-state index is -0.0637. The van der Waals surface area contributed by atoms with E-state index in [9.17, 15) is 10.2 Å². The van der Waals surface area contributed by atoms with Crippen LogP contribution >= 0.6 is 0 Å². The Hall–Kier alpha value is -2.71. The second kappa shape index (κ2) is 6.37. The zero-order chi connectivity index (χ0) is 15.4. The lowest BCUT2D eigenvalue weighted by Gasteiger charge is -2.06. The largest absolute Gasteiger partial charge is 0.508 e. The summed E-state index contributed by atoms with van der Waals surface area (Å²) in [7, 11) is 0. The molecule has 0 unspecified atom stereocenters. The Kier molecular flexibility index (Phi) is 4.12. The molecule has 1 aliphatic rings. The third-order valence-corrected chi connectivity index (χ3v) is 3.28. The summed E-state index contributed by atoms with van der Waals surface area (Å²) in [5.41, 5.74) is 0.760. The highest BCUT2D eigenvalue weighted by atomic mass is 16.5. The summed E-state index contributed by atoms with van der Waals surface area (Å²) < 4.78 is 5.59. The van der Waals surface area contributed by atoms with Gasteiger partial charge in [-0.15, -0.1) is 0 Å². The molecule has 3 N–H and O–H groups in total. The minimum absolute atomic E-state index is 0.0637. The molecule has 22 heavy (non-hydrogen) atoms. The number of nitrogens with one attached hydrogen (secondary N) is 1. The van der Waals surface area contributed by atoms with Crippen molar-refractivity contribution in [1.29, 1.82) is 0 Å². The Labute approximate surface area is 128 Å². The Morgan fingerprint density at radius 3 is 2.64 bits per heavy atom. The van der Waals surface area contributed by atoms with Crippen LogP contribution in [0.15, 0.2) is 36.7 Å². The summed E-state index contributed by atoms with van der Waals surface area (Å²) in [4.78, 5) is 4.10. The fourth-order valence-electron chi connectivity index (χ4n) is 2.28. The normalized spacial score (nSPS) is 16.8. The van der Waals surface area contributed by atoms with Crippen LogP contribution in [0.5, 0.6) is 23.0 Å². The van der Waals surface area contributed by atoms with Gasteiger partial charge >= 0.3 is 0 Å². The number of phenols is 2. The first-order valence-corrected chi connectivity index (χ1v) is 7.10. The maximum Gasteiger partial charge on any atom is 0.146 e. The highest BCUT2D eigenvalue weighted by Crippen LogP contribution is 2.29. The zero-order valence-corrected chi connectivity index (χ0v) is 11.9. The Morgan fingerprint density at radius 2 is 1.91 bits per heavy atom. The average molecular weight is 296 g/mol. The maximum atomic E-state index is 9.45. The number of nitrogens with zero attached hydrogens (tertiary/aromatic N) is 1. The van der Waals surface area contributed by atoms with Crippen LogP contribution in [-0.2, 0) is 0 Å². The van der Waals surface area contributed by atoms with Gasteiger partial charge in [0.1, 0.15) is 23.0 Å². The molecular weight excluding hydrogens is 280 g/mol. The van der Waals surface area contributed by atoms with Crippen LogP contribution in [-0.4, -0.2) is 27.8 Å². The van der Waals surface area contributed by atoms with Crippen molar-refractivity contribution in [2.45, 2.75) is 18.9 Å². The number of benzene rings is 1. The van der Waals surface area contributed by atoms with E-state index in [0.717, 1.165) is 24.9 Å². The van der Waals surface area contributed by atoms with Crippen molar-refractivity contribution in [3.63, 3.8) is 0 Å². The number of hydrogen-bond donors (Lipinski definition) is 3. The molecule has 5 heteroatoms. The van der Waals surface area contributed by atoms with E-state index in [1.54, 1.807) is 18.5 Å². The number of aromatic nitrogens is 1.